The molecule has 2 heterocycles. The minimum Gasteiger partial charge on any atom is -0.368 e. The van der Waals surface area contributed by atoms with Crippen molar-refractivity contribution in [1.29, 1.82) is 0 Å². The highest BCUT2D eigenvalue weighted by molar-refractivity contribution is 5.94. The van der Waals surface area contributed by atoms with Crippen LogP contribution in [0.4, 0.5) is 5.69 Å². The third-order valence-corrected chi connectivity index (χ3v) is 4.32. The van der Waals surface area contributed by atoms with Crippen LogP contribution in [-0.4, -0.2) is 46.4 Å². The molecule has 0 bridgehead atoms. The number of nitrogens with zero attached hydrogens (tertiary/aromatic N) is 4. The lowest BCUT2D eigenvalue weighted by molar-refractivity contribution is -0.124. The van der Waals surface area contributed by atoms with Crippen molar-refractivity contribution >= 4 is 17.6 Å². The summed E-state index contributed by atoms with van der Waals surface area (Å²) in [6.45, 7) is 1.75. The predicted molar refractivity (Wildman–Crippen MR) is 102 cm³/mol. The summed E-state index contributed by atoms with van der Waals surface area (Å²) in [5, 5.41) is 13.4. The van der Waals surface area contributed by atoms with Gasteiger partial charge in [0.25, 0.3) is 5.91 Å². The largest absolute Gasteiger partial charge is 0.368 e. The number of nitrogens with one attached hydrogen (secondary N) is 3. The number of rotatable bonds is 6. The van der Waals surface area contributed by atoms with Crippen molar-refractivity contribution in [2.24, 2.45) is 12.0 Å². The maximum absolute atomic E-state index is 12.2. The summed E-state index contributed by atoms with van der Waals surface area (Å²) in [5.41, 5.74) is 1.79. The van der Waals surface area contributed by atoms with Crippen LogP contribution in [0, 0.1) is 0 Å². The van der Waals surface area contributed by atoms with Gasteiger partial charge in [-0.15, -0.1) is 0 Å². The number of guanidine groups is 1. The third kappa shape index (κ3) is 5.27. The van der Waals surface area contributed by atoms with Gasteiger partial charge in [-0.3, -0.25) is 14.5 Å². The van der Waals surface area contributed by atoms with Crippen LogP contribution in [0.25, 0.3) is 0 Å². The van der Waals surface area contributed by atoms with Gasteiger partial charge in [-0.2, -0.15) is 5.10 Å². The van der Waals surface area contributed by atoms with Gasteiger partial charge in [0, 0.05) is 32.9 Å². The lowest BCUT2D eigenvalue weighted by Gasteiger charge is -2.13. The lowest BCUT2D eigenvalue weighted by atomic mass is 10.2. The molecule has 9 heteroatoms. The van der Waals surface area contributed by atoms with Crippen LogP contribution in [0.2, 0.25) is 0 Å². The highest BCUT2D eigenvalue weighted by Crippen LogP contribution is 2.16. The van der Waals surface area contributed by atoms with Gasteiger partial charge in [-0.25, -0.2) is 4.98 Å². The summed E-state index contributed by atoms with van der Waals surface area (Å²) in [4.78, 5) is 20.5. The van der Waals surface area contributed by atoms with Gasteiger partial charge >= 0.3 is 0 Å². The molecule has 1 fully saturated rings. The molecule has 2 aromatic rings. The molecule has 1 aromatic carbocycles. The van der Waals surface area contributed by atoms with Crippen LogP contribution in [-0.2, 0) is 29.7 Å². The maximum Gasteiger partial charge on any atom is 0.253 e. The maximum atomic E-state index is 12.2. The van der Waals surface area contributed by atoms with Gasteiger partial charge in [0.05, 0.1) is 6.54 Å². The van der Waals surface area contributed by atoms with Crippen LogP contribution in [0.15, 0.2) is 35.6 Å². The molecule has 0 aliphatic carbocycles. The molecule has 9 nitrogen and oxygen atoms in total. The van der Waals surface area contributed by atoms with Crippen molar-refractivity contribution < 1.29 is 9.53 Å². The molecular weight excluding hydrogens is 346 g/mol. The highest BCUT2D eigenvalue weighted by Gasteiger charge is 2.23. The summed E-state index contributed by atoms with van der Waals surface area (Å²) in [6.07, 6.45) is 2.89. The smallest absolute Gasteiger partial charge is 0.253 e. The Bertz CT molecular complexity index is 797. The number of hydrogen-bond donors (Lipinski definition) is 3. The van der Waals surface area contributed by atoms with Gasteiger partial charge in [-0.05, 0) is 30.5 Å². The second kappa shape index (κ2) is 9.13. The Kier molecular flexibility index (Phi) is 6.37. The SMILES string of the molecule is CN=C(NCc1cccc(NC(=O)C2CCCO2)c1)NCc1ncnn1C. The van der Waals surface area contributed by atoms with E-state index in [9.17, 15) is 4.79 Å². The number of aryl methyl sites for hydroxylation is 1. The van der Waals surface area contributed by atoms with Crippen molar-refractivity contribution in [3.63, 3.8) is 0 Å². The van der Waals surface area contributed by atoms with E-state index < -0.39 is 0 Å². The minimum absolute atomic E-state index is 0.0845. The van der Waals surface area contributed by atoms with E-state index in [1.807, 2.05) is 31.3 Å². The first kappa shape index (κ1) is 18.8. The summed E-state index contributed by atoms with van der Waals surface area (Å²) in [7, 11) is 3.56. The number of anilines is 1. The molecule has 1 atom stereocenters. The van der Waals surface area contributed by atoms with Crippen molar-refractivity contribution in [3.8, 4) is 0 Å². The molecule has 1 amide bonds. The Hall–Kier alpha value is -2.94. The summed E-state index contributed by atoms with van der Waals surface area (Å²) in [5.74, 6) is 1.39. The molecular formula is C18H25N7O2. The fraction of sp³-hybridized carbons (Fsp3) is 0.444. The van der Waals surface area contributed by atoms with Gasteiger partial charge in [0.15, 0.2) is 5.96 Å². The molecule has 0 radical (unpaired) electrons. The molecule has 3 rings (SSSR count). The summed E-state index contributed by atoms with van der Waals surface area (Å²) < 4.78 is 7.13. The molecule has 1 saturated heterocycles. The van der Waals surface area contributed by atoms with Crippen molar-refractivity contribution in [3.05, 3.63) is 42.0 Å². The zero-order valence-corrected chi connectivity index (χ0v) is 15.6. The average Bonchev–Trinajstić information content (AvgIpc) is 3.34. The van der Waals surface area contributed by atoms with Crippen LogP contribution >= 0.6 is 0 Å². The first-order chi connectivity index (χ1) is 13.2. The second-order valence-corrected chi connectivity index (χ2v) is 6.27. The van der Waals surface area contributed by atoms with E-state index in [4.69, 9.17) is 4.74 Å². The number of carbonyl (C=O) groups excluding carboxylic acids is 1. The van der Waals surface area contributed by atoms with Crippen molar-refractivity contribution in [1.82, 2.24) is 25.4 Å². The topological polar surface area (TPSA) is 105 Å². The molecule has 3 N–H and O–H groups in total. The van der Waals surface area contributed by atoms with E-state index >= 15 is 0 Å². The number of amides is 1. The first-order valence-corrected chi connectivity index (χ1v) is 8.94. The Balaban J connectivity index is 1.50. The zero-order chi connectivity index (χ0) is 19.1. The molecule has 144 valence electrons. The van der Waals surface area contributed by atoms with E-state index in [-0.39, 0.29) is 12.0 Å². The Morgan fingerprint density at radius 3 is 2.93 bits per heavy atom. The number of ether oxygens (including phenoxy) is 1. The average molecular weight is 371 g/mol. The molecule has 1 unspecified atom stereocenters. The summed E-state index contributed by atoms with van der Waals surface area (Å²) >= 11 is 0. The standard InChI is InChI=1S/C18H25N7O2/c1-19-18(21-11-16-22-12-23-25(16)2)20-10-13-5-3-6-14(9-13)24-17(26)15-7-4-8-27-15/h3,5-6,9,12,15H,4,7-8,10-11H2,1-2H3,(H,24,26)(H2,19,20,21). The van der Waals surface area contributed by atoms with Crippen molar-refractivity contribution in [2.45, 2.75) is 32.0 Å². The predicted octanol–water partition coefficient (Wildman–Crippen LogP) is 0.798. The van der Waals surface area contributed by atoms with Crippen LogP contribution in [0.3, 0.4) is 0 Å². The fourth-order valence-electron chi connectivity index (χ4n) is 2.82. The molecule has 27 heavy (non-hydrogen) atoms. The quantitative estimate of drug-likeness (QED) is 0.512. The van der Waals surface area contributed by atoms with E-state index in [0.717, 1.165) is 29.9 Å². The van der Waals surface area contributed by atoms with Crippen molar-refractivity contribution in [2.75, 3.05) is 19.0 Å². The Labute approximate surface area is 158 Å². The van der Waals surface area contributed by atoms with Gasteiger partial charge < -0.3 is 20.7 Å². The second-order valence-electron chi connectivity index (χ2n) is 6.27. The van der Waals surface area contributed by atoms with Crippen LogP contribution < -0.4 is 16.0 Å². The molecule has 1 aliphatic rings. The number of aliphatic imine (C=N–C) groups is 1. The highest BCUT2D eigenvalue weighted by atomic mass is 16.5. The number of hydrogen-bond acceptors (Lipinski definition) is 5. The normalized spacial score (nSPS) is 17.0. The van der Waals surface area contributed by atoms with E-state index in [2.05, 4.69) is 31.0 Å². The fourth-order valence-corrected chi connectivity index (χ4v) is 2.82. The van der Waals surface area contributed by atoms with Crippen LogP contribution in [0.5, 0.6) is 0 Å². The van der Waals surface area contributed by atoms with Crippen LogP contribution in [0.1, 0.15) is 24.2 Å². The Morgan fingerprint density at radius 2 is 2.22 bits per heavy atom. The summed E-state index contributed by atoms with van der Waals surface area (Å²) in [6, 6.07) is 7.72. The van der Waals surface area contributed by atoms with E-state index in [1.165, 1.54) is 6.33 Å². The molecule has 0 saturated carbocycles. The minimum atomic E-state index is -0.338. The zero-order valence-electron chi connectivity index (χ0n) is 15.6. The number of aromatic nitrogens is 3. The lowest BCUT2D eigenvalue weighted by Crippen LogP contribution is -2.37. The van der Waals surface area contributed by atoms with E-state index in [1.54, 1.807) is 11.7 Å². The van der Waals surface area contributed by atoms with Gasteiger partial charge in [-0.1, -0.05) is 12.1 Å². The number of carbonyl (C=O) groups is 1. The molecule has 1 aromatic heterocycles. The van der Waals surface area contributed by atoms with E-state index in [0.29, 0.717) is 25.7 Å². The number of benzene rings is 1. The van der Waals surface area contributed by atoms with Gasteiger partial charge in [0.1, 0.15) is 18.3 Å². The Morgan fingerprint density at radius 1 is 1.37 bits per heavy atom. The first-order valence-electron chi connectivity index (χ1n) is 8.94. The molecule has 1 aliphatic heterocycles. The third-order valence-electron chi connectivity index (χ3n) is 4.32. The molecule has 0 spiro atoms. The monoisotopic (exact) mass is 371 g/mol. The van der Waals surface area contributed by atoms with Gasteiger partial charge in [0.2, 0.25) is 0 Å².